The third kappa shape index (κ3) is 4.76. The number of esters is 1. The van der Waals surface area contributed by atoms with E-state index in [4.69, 9.17) is 14.7 Å². The fourth-order valence-corrected chi connectivity index (χ4v) is 2.67. The molecule has 1 atom stereocenters. The highest BCUT2D eigenvalue weighted by atomic mass is 16.6. The first-order valence-corrected chi connectivity index (χ1v) is 8.75. The second-order valence-electron chi connectivity index (χ2n) is 5.78. The third-order valence-corrected chi connectivity index (χ3v) is 4.11. The lowest BCUT2D eigenvalue weighted by Crippen LogP contribution is -2.27. The monoisotopic (exact) mass is 352 g/mol. The van der Waals surface area contributed by atoms with Crippen LogP contribution < -0.4 is 9.64 Å². The van der Waals surface area contributed by atoms with Gasteiger partial charge in [-0.25, -0.2) is 4.79 Å². The van der Waals surface area contributed by atoms with Crippen molar-refractivity contribution in [1.29, 1.82) is 5.26 Å². The van der Waals surface area contributed by atoms with E-state index in [1.165, 1.54) is 0 Å². The van der Waals surface area contributed by atoms with Crippen molar-refractivity contribution < 1.29 is 14.3 Å². The molecule has 1 unspecified atom stereocenters. The molecule has 136 valence electrons. The van der Waals surface area contributed by atoms with Crippen molar-refractivity contribution >= 4 is 11.7 Å². The Bertz CT molecular complexity index is 779. The van der Waals surface area contributed by atoms with Crippen molar-refractivity contribution in [3.05, 3.63) is 59.7 Å². The molecule has 0 amide bonds. The summed E-state index contributed by atoms with van der Waals surface area (Å²) in [6, 6.07) is 16.8. The van der Waals surface area contributed by atoms with Crippen molar-refractivity contribution in [1.82, 2.24) is 0 Å². The fraction of sp³-hybridized carbons (Fsp3) is 0.333. The molecule has 0 bridgehead atoms. The van der Waals surface area contributed by atoms with Gasteiger partial charge in [0.1, 0.15) is 18.4 Å². The van der Waals surface area contributed by atoms with Crippen molar-refractivity contribution in [3.63, 3.8) is 0 Å². The maximum Gasteiger partial charge on any atom is 0.347 e. The summed E-state index contributed by atoms with van der Waals surface area (Å²) in [4.78, 5) is 14.5. The lowest BCUT2D eigenvalue weighted by molar-refractivity contribution is -0.152. The van der Waals surface area contributed by atoms with Crippen LogP contribution in [-0.4, -0.2) is 25.2 Å². The molecule has 2 aromatic carbocycles. The second kappa shape index (κ2) is 9.47. The molecule has 0 spiro atoms. The number of nitrogens with zero attached hydrogens (tertiary/aromatic N) is 2. The molecule has 0 radical (unpaired) electrons. The Balaban J connectivity index is 2.02. The molecule has 2 rings (SSSR count). The van der Waals surface area contributed by atoms with Crippen LogP contribution in [0.25, 0.3) is 0 Å². The molecule has 5 nitrogen and oxygen atoms in total. The van der Waals surface area contributed by atoms with Gasteiger partial charge < -0.3 is 14.4 Å². The van der Waals surface area contributed by atoms with E-state index >= 15 is 0 Å². The van der Waals surface area contributed by atoms with Crippen molar-refractivity contribution in [3.8, 4) is 11.8 Å². The summed E-state index contributed by atoms with van der Waals surface area (Å²) in [7, 11) is 0. The molecule has 26 heavy (non-hydrogen) atoms. The van der Waals surface area contributed by atoms with Crippen LogP contribution in [0.5, 0.6) is 5.75 Å². The summed E-state index contributed by atoms with van der Waals surface area (Å²) in [5.41, 5.74) is 2.40. The van der Waals surface area contributed by atoms with Gasteiger partial charge in [0.15, 0.2) is 6.10 Å². The zero-order valence-corrected chi connectivity index (χ0v) is 15.4. The highest BCUT2D eigenvalue weighted by Crippen LogP contribution is 2.22. The first-order chi connectivity index (χ1) is 12.6. The Morgan fingerprint density at radius 3 is 2.46 bits per heavy atom. The Kier molecular flexibility index (Phi) is 7.04. The quantitative estimate of drug-likeness (QED) is 0.674. The number of para-hydroxylation sites is 2. The van der Waals surface area contributed by atoms with Gasteiger partial charge in [-0.2, -0.15) is 5.26 Å². The number of rotatable bonds is 8. The van der Waals surface area contributed by atoms with E-state index in [1.807, 2.05) is 30.3 Å². The molecular weight excluding hydrogens is 328 g/mol. The Morgan fingerprint density at radius 2 is 1.77 bits per heavy atom. The summed E-state index contributed by atoms with van der Waals surface area (Å²) in [5, 5.41) is 9.10. The fourth-order valence-electron chi connectivity index (χ4n) is 2.67. The van der Waals surface area contributed by atoms with E-state index in [1.54, 1.807) is 31.2 Å². The van der Waals surface area contributed by atoms with Crippen LogP contribution in [0.15, 0.2) is 48.5 Å². The molecule has 0 saturated carbocycles. The minimum atomic E-state index is -0.801. The van der Waals surface area contributed by atoms with E-state index < -0.39 is 12.1 Å². The lowest BCUT2D eigenvalue weighted by Gasteiger charge is -2.24. The first kappa shape index (κ1) is 19.3. The average molecular weight is 352 g/mol. The number of ether oxygens (including phenoxy) is 2. The topological polar surface area (TPSA) is 62.6 Å². The Morgan fingerprint density at radius 1 is 1.12 bits per heavy atom. The van der Waals surface area contributed by atoms with Gasteiger partial charge in [-0.3, -0.25) is 0 Å². The largest absolute Gasteiger partial charge is 0.478 e. The first-order valence-electron chi connectivity index (χ1n) is 8.75. The Hall–Kier alpha value is -3.00. The van der Waals surface area contributed by atoms with Crippen LogP contribution in [0.2, 0.25) is 0 Å². The average Bonchev–Trinajstić information content (AvgIpc) is 2.68. The molecule has 2 aromatic rings. The SMILES string of the molecule is CCN(CC)c1ccccc1COC(=O)C(C)Oc1ccccc1C#N. The maximum absolute atomic E-state index is 12.3. The molecule has 0 aromatic heterocycles. The predicted octanol–water partition coefficient (Wildman–Crippen LogP) is 3.92. The number of benzene rings is 2. The van der Waals surface area contributed by atoms with E-state index in [2.05, 4.69) is 18.7 Å². The summed E-state index contributed by atoms with van der Waals surface area (Å²) < 4.78 is 11.0. The van der Waals surface area contributed by atoms with Gasteiger partial charge in [-0.15, -0.1) is 0 Å². The number of nitriles is 1. The summed E-state index contributed by atoms with van der Waals surface area (Å²) in [6.07, 6.45) is -0.801. The van der Waals surface area contributed by atoms with Crippen LogP contribution >= 0.6 is 0 Å². The highest BCUT2D eigenvalue weighted by molar-refractivity contribution is 5.75. The van der Waals surface area contributed by atoms with E-state index in [9.17, 15) is 4.79 Å². The maximum atomic E-state index is 12.3. The van der Waals surface area contributed by atoms with Crippen LogP contribution in [0.1, 0.15) is 31.9 Å². The van der Waals surface area contributed by atoms with Gasteiger partial charge in [0.2, 0.25) is 0 Å². The number of hydrogen-bond acceptors (Lipinski definition) is 5. The molecule has 0 aliphatic heterocycles. The Labute approximate surface area is 154 Å². The molecular formula is C21H24N2O3. The molecule has 0 saturated heterocycles. The van der Waals surface area contributed by atoms with Crippen molar-refractivity contribution in [2.75, 3.05) is 18.0 Å². The standard InChI is InChI=1S/C21H24N2O3/c1-4-23(5-2)19-12-8-6-11-18(19)15-25-21(24)16(3)26-20-13-9-7-10-17(20)14-22/h6-13,16H,4-5,15H2,1-3H3. The van der Waals surface area contributed by atoms with Gasteiger partial charge in [0.05, 0.1) is 5.56 Å². The highest BCUT2D eigenvalue weighted by Gasteiger charge is 2.19. The van der Waals surface area contributed by atoms with Crippen LogP contribution in [0, 0.1) is 11.3 Å². The molecule has 0 fully saturated rings. The minimum absolute atomic E-state index is 0.180. The molecule has 0 heterocycles. The summed E-state index contributed by atoms with van der Waals surface area (Å²) in [5.74, 6) is -0.0879. The van der Waals surface area contributed by atoms with Gasteiger partial charge in [0, 0.05) is 24.3 Å². The smallest absolute Gasteiger partial charge is 0.347 e. The molecule has 0 N–H and O–H groups in total. The van der Waals surface area contributed by atoms with Crippen LogP contribution in [0.4, 0.5) is 5.69 Å². The van der Waals surface area contributed by atoms with Gasteiger partial charge in [-0.05, 0) is 39.0 Å². The zero-order valence-electron chi connectivity index (χ0n) is 15.4. The van der Waals surface area contributed by atoms with Gasteiger partial charge in [-0.1, -0.05) is 30.3 Å². The second-order valence-corrected chi connectivity index (χ2v) is 5.78. The minimum Gasteiger partial charge on any atom is -0.478 e. The van der Waals surface area contributed by atoms with Gasteiger partial charge in [0.25, 0.3) is 0 Å². The molecule has 0 aliphatic carbocycles. The number of hydrogen-bond donors (Lipinski definition) is 0. The number of carbonyl (C=O) groups excluding carboxylic acids is 1. The summed E-state index contributed by atoms with van der Waals surface area (Å²) in [6.45, 7) is 7.74. The number of anilines is 1. The molecule has 0 aliphatic rings. The number of carbonyl (C=O) groups is 1. The van der Waals surface area contributed by atoms with E-state index in [0.29, 0.717) is 11.3 Å². The van der Waals surface area contributed by atoms with E-state index in [0.717, 1.165) is 24.3 Å². The van der Waals surface area contributed by atoms with Crippen LogP contribution in [-0.2, 0) is 16.1 Å². The van der Waals surface area contributed by atoms with Gasteiger partial charge >= 0.3 is 5.97 Å². The van der Waals surface area contributed by atoms with Crippen molar-refractivity contribution in [2.24, 2.45) is 0 Å². The van der Waals surface area contributed by atoms with Crippen molar-refractivity contribution in [2.45, 2.75) is 33.5 Å². The lowest BCUT2D eigenvalue weighted by atomic mass is 10.1. The normalized spacial score (nSPS) is 11.3. The zero-order chi connectivity index (χ0) is 18.9. The third-order valence-electron chi connectivity index (χ3n) is 4.11. The van der Waals surface area contributed by atoms with E-state index in [-0.39, 0.29) is 6.61 Å². The molecule has 5 heteroatoms. The predicted molar refractivity (Wildman–Crippen MR) is 101 cm³/mol. The van der Waals surface area contributed by atoms with Crippen LogP contribution in [0.3, 0.4) is 0 Å². The summed E-state index contributed by atoms with van der Waals surface area (Å²) >= 11 is 0.